The van der Waals surface area contributed by atoms with E-state index in [0.717, 1.165) is 111 Å². The van der Waals surface area contributed by atoms with Crippen LogP contribution in [0.2, 0.25) is 0 Å². The van der Waals surface area contributed by atoms with Gasteiger partial charge >= 0.3 is 0 Å². The Bertz CT molecular complexity index is 3880. The summed E-state index contributed by atoms with van der Waals surface area (Å²) in [5.41, 5.74) is 4.08. The number of halogens is 2. The number of benzene rings is 2. The molecule has 0 radical (unpaired) electrons. The molecule has 0 aliphatic heterocycles. The van der Waals surface area contributed by atoms with Crippen molar-refractivity contribution in [3.05, 3.63) is 111 Å². The Morgan fingerprint density at radius 1 is 0.514 bits per heavy atom. The average Bonchev–Trinajstić information content (AvgIpc) is 4.21. The molecule has 0 unspecified atom stereocenters. The first-order valence-corrected chi connectivity index (χ1v) is 29.2. The van der Waals surface area contributed by atoms with E-state index < -0.39 is 11.6 Å². The lowest BCUT2D eigenvalue weighted by Gasteiger charge is -2.11. The first-order chi connectivity index (χ1) is 35.0. The number of aryl methyl sites for hydroxylation is 2. The van der Waals surface area contributed by atoms with Gasteiger partial charge < -0.3 is 0 Å². The predicted octanol–water partition coefficient (Wildman–Crippen LogP) is 14.2. The molecule has 8 aromatic heterocycles. The van der Waals surface area contributed by atoms with Gasteiger partial charge in [0.1, 0.15) is 69.1 Å². The Labute approximate surface area is 445 Å². The summed E-state index contributed by atoms with van der Waals surface area (Å²) < 4.78 is 57.6. The highest BCUT2D eigenvalue weighted by Crippen LogP contribution is 2.51. The average molecular weight is 1090 g/mol. The van der Waals surface area contributed by atoms with Crippen molar-refractivity contribution in [3.8, 4) is 64.7 Å². The maximum atomic E-state index is 17.9. The van der Waals surface area contributed by atoms with Gasteiger partial charge in [-0.3, -0.25) is 0 Å². The van der Waals surface area contributed by atoms with Crippen LogP contribution in [0.1, 0.15) is 74.3 Å². The second kappa shape index (κ2) is 21.1. The van der Waals surface area contributed by atoms with Crippen LogP contribution in [0.15, 0.2) is 60.7 Å². The number of hydrogen-bond donors (Lipinski definition) is 0. The van der Waals surface area contributed by atoms with E-state index in [0.29, 0.717) is 41.7 Å². The third-order valence-electron chi connectivity index (χ3n) is 12.1. The monoisotopic (exact) mass is 1090 g/mol. The highest BCUT2D eigenvalue weighted by Gasteiger charge is 2.31. The number of nitriles is 4. The molecule has 0 fully saturated rings. The zero-order valence-electron chi connectivity index (χ0n) is 38.9. The molecule has 356 valence electrons. The Balaban J connectivity index is 1.09. The summed E-state index contributed by atoms with van der Waals surface area (Å²) >= 11 is 10.9. The number of thiophene rings is 6. The van der Waals surface area contributed by atoms with Gasteiger partial charge in [-0.25, -0.2) is 8.78 Å². The highest BCUT2D eigenvalue weighted by molar-refractivity contribution is 7.25. The fourth-order valence-electron chi connectivity index (χ4n) is 8.68. The van der Waals surface area contributed by atoms with Crippen molar-refractivity contribution >= 4 is 148 Å². The van der Waals surface area contributed by atoms with Crippen LogP contribution in [0.5, 0.6) is 0 Å². The molecule has 72 heavy (non-hydrogen) atoms. The van der Waals surface area contributed by atoms with Gasteiger partial charge in [0.2, 0.25) is 0 Å². The molecule has 0 aliphatic rings. The molecular formula is C54H38F2N8S8. The smallest absolute Gasteiger partial charge is 0.146 e. The van der Waals surface area contributed by atoms with Crippen LogP contribution in [-0.2, 0) is 12.8 Å². The van der Waals surface area contributed by atoms with Crippen molar-refractivity contribution in [1.82, 2.24) is 17.5 Å². The minimum absolute atomic E-state index is 0.0430. The second-order valence-electron chi connectivity index (χ2n) is 17.8. The van der Waals surface area contributed by atoms with Crippen molar-refractivity contribution in [3.63, 3.8) is 0 Å². The van der Waals surface area contributed by atoms with Crippen molar-refractivity contribution in [1.29, 1.82) is 21.0 Å². The molecule has 10 rings (SSSR count). The molecule has 8 heterocycles. The van der Waals surface area contributed by atoms with Gasteiger partial charge in [-0.15, -0.1) is 68.0 Å². The van der Waals surface area contributed by atoms with Gasteiger partial charge in [0.15, 0.2) is 0 Å². The number of rotatable bonds is 14. The Morgan fingerprint density at radius 2 is 0.917 bits per heavy atom. The molecule has 0 N–H and O–H groups in total. The maximum absolute atomic E-state index is 17.9. The largest absolute Gasteiger partial charge is 0.205 e. The summed E-state index contributed by atoms with van der Waals surface area (Å²) in [6.07, 6.45) is 9.63. The van der Waals surface area contributed by atoms with Crippen LogP contribution in [0.4, 0.5) is 8.78 Å². The highest BCUT2D eigenvalue weighted by atomic mass is 32.1. The number of fused-ring (bicyclic) bond motifs is 5. The van der Waals surface area contributed by atoms with Gasteiger partial charge in [-0.05, 0) is 121 Å². The number of hydrogen-bond acceptors (Lipinski definition) is 16. The zero-order chi connectivity index (χ0) is 50.2. The van der Waals surface area contributed by atoms with Crippen LogP contribution in [0.3, 0.4) is 0 Å². The van der Waals surface area contributed by atoms with Gasteiger partial charge in [-0.1, -0.05) is 40.5 Å². The van der Waals surface area contributed by atoms with Gasteiger partial charge in [-0.2, -0.15) is 38.5 Å². The lowest BCUT2D eigenvalue weighted by Crippen LogP contribution is -1.96. The molecule has 0 saturated carbocycles. The molecule has 0 spiro atoms. The van der Waals surface area contributed by atoms with Crippen molar-refractivity contribution in [2.45, 2.75) is 66.2 Å². The summed E-state index contributed by atoms with van der Waals surface area (Å²) in [7, 11) is 0. The molecule has 10 aromatic rings. The van der Waals surface area contributed by atoms with Crippen LogP contribution >= 0.6 is 91.5 Å². The van der Waals surface area contributed by atoms with E-state index in [2.05, 4.69) is 81.6 Å². The first kappa shape index (κ1) is 49.4. The quantitative estimate of drug-likeness (QED) is 0.105. The van der Waals surface area contributed by atoms with E-state index in [1.807, 2.05) is 48.6 Å². The fraction of sp³-hybridized carbons (Fsp3) is 0.222. The zero-order valence-corrected chi connectivity index (χ0v) is 45.5. The normalized spacial score (nSPS) is 12.2. The van der Waals surface area contributed by atoms with Crippen LogP contribution in [-0.4, -0.2) is 17.5 Å². The molecule has 0 aliphatic carbocycles. The third kappa shape index (κ3) is 9.62. The summed E-state index contributed by atoms with van der Waals surface area (Å²) in [6, 6.07) is 27.7. The summed E-state index contributed by atoms with van der Waals surface area (Å²) in [6.45, 7) is 8.83. The van der Waals surface area contributed by atoms with E-state index in [1.54, 1.807) is 34.8 Å². The van der Waals surface area contributed by atoms with Crippen molar-refractivity contribution < 1.29 is 8.78 Å². The molecular weight excluding hydrogens is 1060 g/mol. The number of nitrogens with zero attached hydrogens (tertiary/aromatic N) is 8. The lowest BCUT2D eigenvalue weighted by atomic mass is 9.96. The lowest BCUT2D eigenvalue weighted by molar-refractivity contribution is 0.556. The standard InChI is InChI=1S/C54H38F2N8S8/c1-27(2)7-5-9-29-19-41(69-53(29)39-17-13-35(67-39)21-33-11-15-37(65-33)31(23-57)24-58)43-47(55)45-46(51-49(43)61-71-63-51)48(56)44(50-52(45)64-72-62-50)42-20-30(10-6-8-28(3)4)54(70-42)40-18-14-36(68-40)22-34-12-16-38(66-34)32(25-59)26-60/h11-22,27-28H,5-10H2,1-4H3/b33-21+,34-22+. The van der Waals surface area contributed by atoms with E-state index in [9.17, 15) is 21.0 Å². The molecule has 0 atom stereocenters. The Hall–Kier alpha value is -6.16. The van der Waals surface area contributed by atoms with E-state index in [-0.39, 0.29) is 44.1 Å². The van der Waals surface area contributed by atoms with E-state index in [4.69, 9.17) is 0 Å². The molecule has 0 saturated heterocycles. The predicted molar refractivity (Wildman–Crippen MR) is 298 cm³/mol. The van der Waals surface area contributed by atoms with Crippen molar-refractivity contribution in [2.24, 2.45) is 11.8 Å². The first-order valence-electron chi connectivity index (χ1n) is 22.9. The van der Waals surface area contributed by atoms with Crippen LogP contribution < -0.4 is 18.1 Å². The second-order valence-corrected chi connectivity index (χ2v) is 25.5. The maximum Gasteiger partial charge on any atom is 0.146 e. The minimum atomic E-state index is -0.606. The van der Waals surface area contributed by atoms with Crippen LogP contribution in [0.25, 0.3) is 96.5 Å². The Kier molecular flexibility index (Phi) is 14.5. The van der Waals surface area contributed by atoms with Crippen LogP contribution in [0, 0.1) is 68.8 Å². The molecule has 0 amide bonds. The summed E-state index contributed by atoms with van der Waals surface area (Å²) in [4.78, 5) is 7.48. The van der Waals surface area contributed by atoms with E-state index in [1.165, 1.54) is 45.3 Å². The van der Waals surface area contributed by atoms with Gasteiger partial charge in [0, 0.05) is 48.1 Å². The summed E-state index contributed by atoms with van der Waals surface area (Å²) in [5.74, 6) is -0.176. The SMILES string of the molecule is CC(C)CCCc1cc(-c2c(F)c3c4nsnc4c(-c4cc(CCCC(C)C)c(-c5ccc(/C=c6\ccc(=C(C#N)C#N)s6)s5)s4)c(F)c3c3nsnc23)sc1-c1ccc(/C=c2\ccc(=C(C#N)C#N)s2)s1. The molecule has 0 bridgehead atoms. The topological polar surface area (TPSA) is 147 Å². The third-order valence-corrected chi connectivity index (χ3v) is 20.1. The minimum Gasteiger partial charge on any atom is -0.205 e. The number of aromatic nitrogens is 4. The molecule has 8 nitrogen and oxygen atoms in total. The molecule has 2 aromatic carbocycles. The van der Waals surface area contributed by atoms with Crippen molar-refractivity contribution in [2.75, 3.05) is 0 Å². The van der Waals surface area contributed by atoms with Gasteiger partial charge in [0.25, 0.3) is 0 Å². The van der Waals surface area contributed by atoms with E-state index >= 15 is 8.78 Å². The summed E-state index contributed by atoms with van der Waals surface area (Å²) in [5, 5.41) is 37.6. The fourth-order valence-corrected chi connectivity index (χ4v) is 16.5. The Morgan fingerprint density at radius 3 is 1.31 bits per heavy atom. The molecule has 18 heteroatoms. The van der Waals surface area contributed by atoms with Gasteiger partial charge in [0.05, 0.1) is 54.4 Å².